The summed E-state index contributed by atoms with van der Waals surface area (Å²) in [6.45, 7) is 2.33. The first-order valence-corrected chi connectivity index (χ1v) is 5.02. The fraction of sp³-hybridized carbons (Fsp3) is 0.714. The molecule has 0 aliphatic heterocycles. The molecule has 0 aromatic heterocycles. The Hall–Kier alpha value is -0.460. The first-order chi connectivity index (χ1) is 6.04. The molecular formula is C7H16ClN3O2S. The summed E-state index contributed by atoms with van der Waals surface area (Å²) in [7, 11) is 0. The van der Waals surface area contributed by atoms with Crippen LogP contribution in [0.3, 0.4) is 0 Å². The lowest BCUT2D eigenvalue weighted by molar-refractivity contribution is -0.137. The van der Waals surface area contributed by atoms with Gasteiger partial charge in [0.1, 0.15) is 6.04 Å². The van der Waals surface area contributed by atoms with Crippen LogP contribution in [-0.2, 0) is 4.79 Å². The normalized spacial score (nSPS) is 13.1. The Bertz CT molecular complexity index is 197. The predicted molar refractivity (Wildman–Crippen MR) is 62.3 cm³/mol. The Morgan fingerprint density at radius 2 is 2.21 bits per heavy atom. The molecule has 0 heterocycles. The molecule has 0 spiro atoms. The molecule has 1 atom stereocenters. The van der Waals surface area contributed by atoms with Gasteiger partial charge in [0.15, 0.2) is 0 Å². The van der Waals surface area contributed by atoms with Crippen molar-refractivity contribution in [1.29, 1.82) is 0 Å². The van der Waals surface area contributed by atoms with Crippen molar-refractivity contribution in [2.75, 3.05) is 18.1 Å². The smallest absolute Gasteiger partial charge is 0.321 e. The van der Waals surface area contributed by atoms with Gasteiger partial charge in [-0.25, -0.2) is 0 Å². The summed E-state index contributed by atoms with van der Waals surface area (Å²) in [5.74, 6) is 0.735. The van der Waals surface area contributed by atoms with Crippen LogP contribution >= 0.6 is 24.2 Å². The molecule has 0 saturated carbocycles. The zero-order chi connectivity index (χ0) is 10.3. The van der Waals surface area contributed by atoms with Crippen LogP contribution in [0.5, 0.6) is 0 Å². The van der Waals surface area contributed by atoms with E-state index in [1.54, 1.807) is 6.92 Å². The van der Waals surface area contributed by atoms with Crippen molar-refractivity contribution in [2.24, 2.45) is 16.5 Å². The van der Waals surface area contributed by atoms with Gasteiger partial charge in [-0.3, -0.25) is 9.79 Å². The van der Waals surface area contributed by atoms with Gasteiger partial charge in [0.05, 0.1) is 5.84 Å². The SMILES string of the molecule is CC(N)=NCCSC[C@H](N)C(=O)O.Cl. The molecule has 14 heavy (non-hydrogen) atoms. The summed E-state index contributed by atoms with van der Waals surface area (Å²) < 4.78 is 0. The maximum Gasteiger partial charge on any atom is 0.321 e. The molecule has 0 amide bonds. The third-order valence-corrected chi connectivity index (χ3v) is 2.28. The Balaban J connectivity index is 0. The molecule has 0 aromatic rings. The molecule has 7 heteroatoms. The number of aliphatic imine (C=N–C) groups is 1. The molecule has 0 bridgehead atoms. The Labute approximate surface area is 93.7 Å². The summed E-state index contributed by atoms with van der Waals surface area (Å²) in [5.41, 5.74) is 10.6. The fourth-order valence-electron chi connectivity index (χ4n) is 0.568. The molecule has 0 aliphatic carbocycles. The molecule has 84 valence electrons. The number of hydrogen-bond acceptors (Lipinski definition) is 4. The van der Waals surface area contributed by atoms with Crippen molar-refractivity contribution >= 4 is 36.0 Å². The van der Waals surface area contributed by atoms with E-state index >= 15 is 0 Å². The Morgan fingerprint density at radius 1 is 1.64 bits per heavy atom. The summed E-state index contributed by atoms with van der Waals surface area (Å²) >= 11 is 1.46. The largest absolute Gasteiger partial charge is 0.480 e. The van der Waals surface area contributed by atoms with Gasteiger partial charge < -0.3 is 16.6 Å². The number of aliphatic carboxylic acids is 1. The fourth-order valence-corrected chi connectivity index (χ4v) is 1.35. The zero-order valence-corrected chi connectivity index (χ0v) is 9.61. The van der Waals surface area contributed by atoms with Crippen molar-refractivity contribution in [3.05, 3.63) is 0 Å². The summed E-state index contributed by atoms with van der Waals surface area (Å²) in [4.78, 5) is 14.2. The average Bonchev–Trinajstić information content (AvgIpc) is 2.02. The predicted octanol–water partition coefficient (Wildman–Crippen LogP) is -0.0696. The van der Waals surface area contributed by atoms with Crippen molar-refractivity contribution in [3.63, 3.8) is 0 Å². The molecule has 0 fully saturated rings. The van der Waals surface area contributed by atoms with Crippen molar-refractivity contribution in [3.8, 4) is 0 Å². The number of rotatable bonds is 6. The van der Waals surface area contributed by atoms with Gasteiger partial charge in [-0.2, -0.15) is 11.8 Å². The van der Waals surface area contributed by atoms with Crippen LogP contribution in [0.2, 0.25) is 0 Å². The maximum absolute atomic E-state index is 10.3. The van der Waals surface area contributed by atoms with Gasteiger partial charge in [0, 0.05) is 18.1 Å². The monoisotopic (exact) mass is 241 g/mol. The van der Waals surface area contributed by atoms with Gasteiger partial charge in [-0.1, -0.05) is 0 Å². The van der Waals surface area contributed by atoms with E-state index in [2.05, 4.69) is 4.99 Å². The van der Waals surface area contributed by atoms with Crippen molar-refractivity contribution in [1.82, 2.24) is 0 Å². The van der Waals surface area contributed by atoms with Gasteiger partial charge >= 0.3 is 5.97 Å². The van der Waals surface area contributed by atoms with E-state index in [4.69, 9.17) is 16.6 Å². The highest BCUT2D eigenvalue weighted by atomic mass is 35.5. The first kappa shape index (κ1) is 16.0. The lowest BCUT2D eigenvalue weighted by Crippen LogP contribution is -2.32. The van der Waals surface area contributed by atoms with E-state index in [1.807, 2.05) is 0 Å². The highest BCUT2D eigenvalue weighted by Crippen LogP contribution is 2.01. The second-order valence-corrected chi connectivity index (χ2v) is 3.69. The second kappa shape index (κ2) is 9.11. The van der Waals surface area contributed by atoms with E-state index < -0.39 is 12.0 Å². The number of hydrogen-bond donors (Lipinski definition) is 3. The minimum atomic E-state index is -0.967. The maximum atomic E-state index is 10.3. The first-order valence-electron chi connectivity index (χ1n) is 3.86. The van der Waals surface area contributed by atoms with E-state index in [0.29, 0.717) is 18.1 Å². The number of nitrogens with two attached hydrogens (primary N) is 2. The van der Waals surface area contributed by atoms with Crippen LogP contribution in [0, 0.1) is 0 Å². The molecule has 0 unspecified atom stereocenters. The minimum Gasteiger partial charge on any atom is -0.480 e. The zero-order valence-electron chi connectivity index (χ0n) is 7.97. The number of carboxylic acids is 1. The number of carbonyl (C=O) groups is 1. The van der Waals surface area contributed by atoms with Crippen LogP contribution in [0.4, 0.5) is 0 Å². The topological polar surface area (TPSA) is 102 Å². The molecule has 0 rings (SSSR count). The van der Waals surface area contributed by atoms with Crippen LogP contribution in [-0.4, -0.2) is 41.0 Å². The van der Waals surface area contributed by atoms with E-state index in [-0.39, 0.29) is 12.4 Å². The minimum absolute atomic E-state index is 0. The summed E-state index contributed by atoms with van der Waals surface area (Å²) in [6.07, 6.45) is 0. The van der Waals surface area contributed by atoms with Crippen LogP contribution < -0.4 is 11.5 Å². The van der Waals surface area contributed by atoms with E-state index in [9.17, 15) is 4.79 Å². The number of halogens is 1. The van der Waals surface area contributed by atoms with E-state index in [1.165, 1.54) is 11.8 Å². The lowest BCUT2D eigenvalue weighted by atomic mass is 10.4. The molecule has 0 radical (unpaired) electrons. The third-order valence-electron chi connectivity index (χ3n) is 1.21. The van der Waals surface area contributed by atoms with Gasteiger partial charge in [0.25, 0.3) is 0 Å². The molecule has 5 nitrogen and oxygen atoms in total. The van der Waals surface area contributed by atoms with Crippen LogP contribution in [0.15, 0.2) is 4.99 Å². The third kappa shape index (κ3) is 9.63. The number of nitrogens with zero attached hydrogens (tertiary/aromatic N) is 1. The van der Waals surface area contributed by atoms with Crippen LogP contribution in [0.25, 0.3) is 0 Å². The molecule has 0 aromatic carbocycles. The Kier molecular flexibility index (Phi) is 10.4. The molecule has 0 aliphatic rings. The van der Waals surface area contributed by atoms with Gasteiger partial charge in [0.2, 0.25) is 0 Å². The lowest BCUT2D eigenvalue weighted by Gasteiger charge is -2.04. The van der Waals surface area contributed by atoms with Crippen molar-refractivity contribution in [2.45, 2.75) is 13.0 Å². The average molecular weight is 242 g/mol. The number of amidine groups is 1. The quantitative estimate of drug-likeness (QED) is 0.343. The van der Waals surface area contributed by atoms with Crippen LogP contribution in [0.1, 0.15) is 6.92 Å². The van der Waals surface area contributed by atoms with Crippen molar-refractivity contribution < 1.29 is 9.90 Å². The standard InChI is InChI=1S/C7H15N3O2S.ClH/c1-5(8)10-2-3-13-4-6(9)7(11)12;/h6H,2-4,9H2,1H3,(H2,8,10)(H,11,12);1H/t6-;/m0./s1. The van der Waals surface area contributed by atoms with Gasteiger partial charge in [-0.15, -0.1) is 12.4 Å². The summed E-state index contributed by atoms with van der Waals surface area (Å²) in [5, 5.41) is 8.44. The number of carboxylic acid groups (broad SMARTS) is 1. The van der Waals surface area contributed by atoms with E-state index in [0.717, 1.165) is 5.75 Å². The second-order valence-electron chi connectivity index (χ2n) is 2.54. The highest BCUT2D eigenvalue weighted by Gasteiger charge is 2.09. The van der Waals surface area contributed by atoms with Gasteiger partial charge in [-0.05, 0) is 6.92 Å². The molecular weight excluding hydrogens is 226 g/mol. The number of thioether (sulfide) groups is 1. The summed E-state index contributed by atoms with van der Waals surface area (Å²) in [6, 6.07) is -0.784. The molecule has 5 N–H and O–H groups in total. The molecule has 0 saturated heterocycles. The Morgan fingerprint density at radius 3 is 2.64 bits per heavy atom. The highest BCUT2D eigenvalue weighted by molar-refractivity contribution is 7.99.